The van der Waals surface area contributed by atoms with Crippen molar-refractivity contribution < 1.29 is 28.7 Å². The van der Waals surface area contributed by atoms with Crippen LogP contribution in [0.15, 0.2) is 24.3 Å². The number of fused-ring (bicyclic) bond motifs is 1. The molecule has 0 bridgehead atoms. The average molecular weight is 308 g/mol. The van der Waals surface area contributed by atoms with Crippen molar-refractivity contribution in [3.63, 3.8) is 0 Å². The number of carboxylic acids is 1. The second-order valence-electron chi connectivity index (χ2n) is 4.67. The Balaban J connectivity index is 1.96. The van der Waals surface area contributed by atoms with Gasteiger partial charge in [-0.05, 0) is 12.1 Å². The molecule has 1 unspecified atom stereocenters. The summed E-state index contributed by atoms with van der Waals surface area (Å²) in [7, 11) is 0. The van der Waals surface area contributed by atoms with Gasteiger partial charge in [-0.25, -0.2) is 9.18 Å². The summed E-state index contributed by atoms with van der Waals surface area (Å²) in [4.78, 5) is 47.1. The topological polar surface area (TPSA) is 104 Å². The van der Waals surface area contributed by atoms with Crippen molar-refractivity contribution in [2.45, 2.75) is 12.5 Å². The highest BCUT2D eigenvalue weighted by Gasteiger charge is 2.35. The fraction of sp³-hybridized carbons (Fsp3) is 0.286. The van der Waals surface area contributed by atoms with Crippen LogP contribution < -0.4 is 5.32 Å². The molecule has 7 nitrogen and oxygen atoms in total. The molecule has 1 heterocycles. The Kier molecular flexibility index (Phi) is 4.50. The molecule has 1 atom stereocenters. The van der Waals surface area contributed by atoms with Crippen molar-refractivity contribution in [3.8, 4) is 0 Å². The molecular formula is C14H13FN2O5. The van der Waals surface area contributed by atoms with E-state index in [2.05, 4.69) is 0 Å². The first-order valence-corrected chi connectivity index (χ1v) is 6.49. The Morgan fingerprint density at radius 3 is 2.18 bits per heavy atom. The number of halogens is 1. The van der Waals surface area contributed by atoms with Gasteiger partial charge in [-0.1, -0.05) is 12.1 Å². The zero-order valence-corrected chi connectivity index (χ0v) is 11.4. The first-order chi connectivity index (χ1) is 10.5. The summed E-state index contributed by atoms with van der Waals surface area (Å²) in [6, 6.07) is 4.64. The zero-order valence-electron chi connectivity index (χ0n) is 11.4. The SMILES string of the molecule is O=C(CCN1C(=O)c2ccccc2C1=O)NC(CF)C(=O)O. The van der Waals surface area contributed by atoms with Crippen LogP contribution in [-0.2, 0) is 9.59 Å². The molecule has 0 aromatic heterocycles. The summed E-state index contributed by atoms with van der Waals surface area (Å²) >= 11 is 0. The van der Waals surface area contributed by atoms with Crippen LogP contribution in [-0.4, -0.2) is 53.0 Å². The van der Waals surface area contributed by atoms with E-state index in [1.54, 1.807) is 12.1 Å². The quantitative estimate of drug-likeness (QED) is 0.731. The van der Waals surface area contributed by atoms with E-state index >= 15 is 0 Å². The van der Waals surface area contributed by atoms with Gasteiger partial charge >= 0.3 is 5.97 Å². The molecular weight excluding hydrogens is 295 g/mol. The number of benzene rings is 1. The maximum absolute atomic E-state index is 12.4. The Morgan fingerprint density at radius 2 is 1.73 bits per heavy atom. The molecule has 0 spiro atoms. The lowest BCUT2D eigenvalue weighted by atomic mass is 10.1. The normalized spacial score (nSPS) is 14.7. The maximum atomic E-state index is 12.4. The van der Waals surface area contributed by atoms with E-state index in [-0.39, 0.29) is 24.1 Å². The lowest BCUT2D eigenvalue weighted by Gasteiger charge is -2.15. The van der Waals surface area contributed by atoms with E-state index in [4.69, 9.17) is 5.11 Å². The fourth-order valence-corrected chi connectivity index (χ4v) is 2.09. The van der Waals surface area contributed by atoms with Gasteiger partial charge in [0.05, 0.1) is 11.1 Å². The van der Waals surface area contributed by atoms with Gasteiger partial charge in [0.25, 0.3) is 11.8 Å². The van der Waals surface area contributed by atoms with E-state index < -0.39 is 36.4 Å². The van der Waals surface area contributed by atoms with Crippen LogP contribution in [0.2, 0.25) is 0 Å². The van der Waals surface area contributed by atoms with E-state index in [9.17, 15) is 23.6 Å². The first kappa shape index (κ1) is 15.6. The van der Waals surface area contributed by atoms with E-state index in [1.807, 2.05) is 5.32 Å². The predicted molar refractivity (Wildman–Crippen MR) is 72.0 cm³/mol. The molecule has 1 aliphatic heterocycles. The van der Waals surface area contributed by atoms with Gasteiger partial charge in [0.2, 0.25) is 5.91 Å². The van der Waals surface area contributed by atoms with E-state index in [0.717, 1.165) is 4.90 Å². The lowest BCUT2D eigenvalue weighted by Crippen LogP contribution is -2.43. The van der Waals surface area contributed by atoms with Gasteiger partial charge in [0.1, 0.15) is 6.67 Å². The monoisotopic (exact) mass is 308 g/mol. The number of alkyl halides is 1. The fourth-order valence-electron chi connectivity index (χ4n) is 2.09. The Hall–Kier alpha value is -2.77. The number of imide groups is 1. The standard InChI is InChI=1S/C14H13FN2O5/c15-7-10(14(21)22)16-11(18)5-6-17-12(19)8-3-1-2-4-9(8)13(17)20/h1-4,10H,5-7H2,(H,16,18)(H,21,22). The van der Waals surface area contributed by atoms with Crippen molar-refractivity contribution >= 4 is 23.7 Å². The molecule has 0 saturated carbocycles. The average Bonchev–Trinajstić information content (AvgIpc) is 2.74. The van der Waals surface area contributed by atoms with Gasteiger partial charge in [-0.3, -0.25) is 19.3 Å². The summed E-state index contributed by atoms with van der Waals surface area (Å²) in [5.74, 6) is -3.25. The highest BCUT2D eigenvalue weighted by atomic mass is 19.1. The van der Waals surface area contributed by atoms with Crippen LogP contribution in [0.25, 0.3) is 0 Å². The van der Waals surface area contributed by atoms with Crippen molar-refractivity contribution in [1.29, 1.82) is 0 Å². The smallest absolute Gasteiger partial charge is 0.328 e. The summed E-state index contributed by atoms with van der Waals surface area (Å²) in [6.45, 7) is -1.44. The molecule has 116 valence electrons. The zero-order chi connectivity index (χ0) is 16.3. The van der Waals surface area contributed by atoms with Crippen molar-refractivity contribution in [1.82, 2.24) is 10.2 Å². The second kappa shape index (κ2) is 6.33. The van der Waals surface area contributed by atoms with Crippen molar-refractivity contribution in [2.75, 3.05) is 13.2 Å². The minimum absolute atomic E-state index is 0.198. The van der Waals surface area contributed by atoms with Gasteiger partial charge in [-0.15, -0.1) is 0 Å². The first-order valence-electron chi connectivity index (χ1n) is 6.49. The molecule has 0 aliphatic carbocycles. The number of amides is 3. The van der Waals surface area contributed by atoms with Gasteiger partial charge in [-0.2, -0.15) is 0 Å². The summed E-state index contributed by atoms with van der Waals surface area (Å²) in [6.07, 6.45) is -0.296. The van der Waals surface area contributed by atoms with Crippen LogP contribution in [0.1, 0.15) is 27.1 Å². The van der Waals surface area contributed by atoms with Crippen molar-refractivity contribution in [2.24, 2.45) is 0 Å². The highest BCUT2D eigenvalue weighted by Crippen LogP contribution is 2.22. The Labute approximate surface area is 124 Å². The molecule has 2 N–H and O–H groups in total. The van der Waals surface area contributed by atoms with E-state index in [1.165, 1.54) is 12.1 Å². The molecule has 8 heteroatoms. The number of carbonyl (C=O) groups is 4. The molecule has 1 aromatic carbocycles. The molecule has 0 radical (unpaired) electrons. The third kappa shape index (κ3) is 2.95. The predicted octanol–water partition coefficient (Wildman–Crippen LogP) is 0.212. The second-order valence-corrected chi connectivity index (χ2v) is 4.67. The Morgan fingerprint density at radius 1 is 1.18 bits per heavy atom. The molecule has 2 rings (SSSR count). The molecule has 0 saturated heterocycles. The lowest BCUT2D eigenvalue weighted by molar-refractivity contribution is -0.142. The number of carboxylic acid groups (broad SMARTS) is 1. The number of carbonyl (C=O) groups excluding carboxylic acids is 3. The third-order valence-electron chi connectivity index (χ3n) is 3.23. The molecule has 0 fully saturated rings. The summed E-state index contributed by atoms with van der Waals surface area (Å²) in [5, 5.41) is 10.6. The number of hydrogen-bond donors (Lipinski definition) is 2. The number of hydrogen-bond acceptors (Lipinski definition) is 4. The minimum Gasteiger partial charge on any atom is -0.480 e. The van der Waals surface area contributed by atoms with Gasteiger partial charge < -0.3 is 10.4 Å². The molecule has 3 amide bonds. The third-order valence-corrected chi connectivity index (χ3v) is 3.23. The maximum Gasteiger partial charge on any atom is 0.328 e. The van der Waals surface area contributed by atoms with E-state index in [0.29, 0.717) is 0 Å². The Bertz CT molecular complexity index is 611. The van der Waals surface area contributed by atoms with Crippen LogP contribution in [0.5, 0.6) is 0 Å². The minimum atomic E-state index is -1.63. The van der Waals surface area contributed by atoms with Crippen LogP contribution in [0, 0.1) is 0 Å². The number of nitrogens with zero attached hydrogens (tertiary/aromatic N) is 1. The van der Waals surface area contributed by atoms with Crippen LogP contribution >= 0.6 is 0 Å². The number of rotatable bonds is 6. The summed E-state index contributed by atoms with van der Waals surface area (Å²) in [5.41, 5.74) is 0.528. The summed E-state index contributed by atoms with van der Waals surface area (Å²) < 4.78 is 12.4. The van der Waals surface area contributed by atoms with Gasteiger partial charge in [0.15, 0.2) is 6.04 Å². The number of aliphatic carboxylic acids is 1. The molecule has 22 heavy (non-hydrogen) atoms. The molecule has 1 aromatic rings. The largest absolute Gasteiger partial charge is 0.480 e. The number of nitrogens with one attached hydrogen (secondary N) is 1. The highest BCUT2D eigenvalue weighted by molar-refractivity contribution is 6.21. The van der Waals surface area contributed by atoms with Gasteiger partial charge in [0, 0.05) is 13.0 Å². The molecule has 1 aliphatic rings. The van der Waals surface area contributed by atoms with Crippen LogP contribution in [0.3, 0.4) is 0 Å². The van der Waals surface area contributed by atoms with Crippen LogP contribution in [0.4, 0.5) is 4.39 Å². The van der Waals surface area contributed by atoms with Crippen molar-refractivity contribution in [3.05, 3.63) is 35.4 Å².